The molecule has 338 valence electrons. The first-order valence-corrected chi connectivity index (χ1v) is 24.3. The van der Waals surface area contributed by atoms with Crippen molar-refractivity contribution in [2.24, 2.45) is 0 Å². The molecule has 4 aliphatic rings. The van der Waals surface area contributed by atoms with Crippen LogP contribution in [0.1, 0.15) is 22.3 Å². The van der Waals surface area contributed by atoms with Gasteiger partial charge in [-0.15, -0.1) is 0 Å². The van der Waals surface area contributed by atoms with E-state index in [1.807, 2.05) is 60.9 Å². The molecule has 0 N–H and O–H groups in total. The van der Waals surface area contributed by atoms with E-state index in [0.717, 1.165) is 130 Å². The van der Waals surface area contributed by atoms with E-state index in [9.17, 15) is 0 Å². The number of pyridine rings is 2. The molecule has 0 radical (unpaired) electrons. The number of rotatable bonds is 5. The topological polar surface area (TPSA) is 54.0 Å². The number of nitrogens with zero attached hydrogens (tertiary/aromatic N) is 5. The molecule has 3 aliphatic heterocycles. The van der Waals surface area contributed by atoms with Crippen molar-refractivity contribution >= 4 is 51.2 Å². The van der Waals surface area contributed by atoms with Crippen LogP contribution in [0.4, 0.5) is 51.2 Å². The maximum Gasteiger partial charge on any atom is 0.151 e. The van der Waals surface area contributed by atoms with Gasteiger partial charge in [0.25, 0.3) is 0 Å². The number of para-hydroxylation sites is 9. The zero-order valence-corrected chi connectivity index (χ0v) is 38.7. The Morgan fingerprint density at radius 1 is 0.278 bits per heavy atom. The Morgan fingerprint density at radius 3 is 1.04 bits per heavy atom. The summed E-state index contributed by atoms with van der Waals surface area (Å²) in [6.07, 6.45) is 3.79. The van der Waals surface area contributed by atoms with Crippen molar-refractivity contribution < 1.29 is 9.47 Å². The third-order valence-corrected chi connectivity index (χ3v) is 14.7. The SMILES string of the molecule is c1ccc(N2c3ccc(-c4ccc(N5c6ccccc6Oc6ccccc65)cc4)cc3C3(c4cc(-c5ccc(N6c7ccccc7Oc7ccccc76)cc5)ccc42)c2cccnc2-c2ncccc23)cc1. The largest absolute Gasteiger partial charge is 0.453 e. The van der Waals surface area contributed by atoms with Crippen LogP contribution in [0.2, 0.25) is 0 Å². The zero-order chi connectivity index (χ0) is 47.3. The monoisotopic (exact) mass is 923 g/mol. The van der Waals surface area contributed by atoms with Crippen molar-refractivity contribution in [1.82, 2.24) is 9.97 Å². The van der Waals surface area contributed by atoms with Gasteiger partial charge in [0, 0.05) is 29.5 Å². The van der Waals surface area contributed by atoms with Crippen molar-refractivity contribution in [2.75, 3.05) is 14.7 Å². The van der Waals surface area contributed by atoms with Crippen LogP contribution in [-0.2, 0) is 5.41 Å². The van der Waals surface area contributed by atoms with E-state index in [2.05, 4.69) is 203 Å². The minimum Gasteiger partial charge on any atom is -0.453 e. The Labute approximate surface area is 416 Å². The maximum absolute atomic E-state index is 6.36. The Kier molecular flexibility index (Phi) is 8.74. The molecule has 7 nitrogen and oxygen atoms in total. The average Bonchev–Trinajstić information content (AvgIpc) is 3.75. The van der Waals surface area contributed by atoms with Crippen LogP contribution >= 0.6 is 0 Å². The van der Waals surface area contributed by atoms with Gasteiger partial charge in [-0.05, 0) is 166 Å². The predicted octanol–water partition coefficient (Wildman–Crippen LogP) is 17.1. The molecule has 7 heteroatoms. The molecule has 1 aliphatic carbocycles. The summed E-state index contributed by atoms with van der Waals surface area (Å²) in [6, 6.07) is 84.1. The Bertz CT molecular complexity index is 3640. The van der Waals surface area contributed by atoms with Gasteiger partial charge >= 0.3 is 0 Å². The van der Waals surface area contributed by atoms with Gasteiger partial charge in [0.2, 0.25) is 0 Å². The van der Waals surface area contributed by atoms with Crippen molar-refractivity contribution in [2.45, 2.75) is 5.41 Å². The summed E-state index contributed by atoms with van der Waals surface area (Å²) in [5.74, 6) is 3.32. The van der Waals surface area contributed by atoms with E-state index in [1.54, 1.807) is 0 Å². The number of ether oxygens (including phenoxy) is 2. The van der Waals surface area contributed by atoms with Gasteiger partial charge in [0.1, 0.15) is 0 Å². The normalized spacial score (nSPS) is 13.8. The summed E-state index contributed by atoms with van der Waals surface area (Å²) in [6.45, 7) is 0. The second-order valence-electron chi connectivity index (χ2n) is 18.5. The highest BCUT2D eigenvalue weighted by atomic mass is 16.5. The molecular formula is C65H41N5O2. The summed E-state index contributed by atoms with van der Waals surface area (Å²) in [5.41, 5.74) is 19.4. The molecule has 0 atom stereocenters. The first-order chi connectivity index (χ1) is 35.7. The molecule has 11 aromatic rings. The lowest BCUT2D eigenvalue weighted by molar-refractivity contribution is 0.477. The minimum absolute atomic E-state index is 0.766. The predicted molar refractivity (Wildman–Crippen MR) is 288 cm³/mol. The van der Waals surface area contributed by atoms with Gasteiger partial charge in [0.05, 0.1) is 50.9 Å². The molecular weight excluding hydrogens is 883 g/mol. The van der Waals surface area contributed by atoms with E-state index in [4.69, 9.17) is 19.4 Å². The van der Waals surface area contributed by atoms with Gasteiger partial charge in [-0.25, -0.2) is 0 Å². The van der Waals surface area contributed by atoms with E-state index in [0.29, 0.717) is 0 Å². The van der Waals surface area contributed by atoms with Crippen molar-refractivity contribution in [3.63, 3.8) is 0 Å². The third kappa shape index (κ3) is 5.85. The van der Waals surface area contributed by atoms with Crippen molar-refractivity contribution in [3.05, 3.63) is 271 Å². The molecule has 1 spiro atoms. The quantitative estimate of drug-likeness (QED) is 0.170. The smallest absolute Gasteiger partial charge is 0.151 e. The lowest BCUT2D eigenvalue weighted by Gasteiger charge is -2.45. The molecule has 0 unspecified atom stereocenters. The summed E-state index contributed by atoms with van der Waals surface area (Å²) in [5, 5.41) is 0. The number of hydrogen-bond donors (Lipinski definition) is 0. The molecule has 9 aromatic carbocycles. The minimum atomic E-state index is -0.766. The van der Waals surface area contributed by atoms with Crippen LogP contribution in [0, 0.1) is 0 Å². The Balaban J connectivity index is 0.909. The van der Waals surface area contributed by atoms with Gasteiger partial charge in [-0.1, -0.05) is 115 Å². The van der Waals surface area contributed by atoms with Gasteiger partial charge < -0.3 is 24.2 Å². The number of hydrogen-bond acceptors (Lipinski definition) is 7. The summed E-state index contributed by atoms with van der Waals surface area (Å²) >= 11 is 0. The number of fused-ring (bicyclic) bond motifs is 13. The second-order valence-corrected chi connectivity index (χ2v) is 18.5. The lowest BCUT2D eigenvalue weighted by atomic mass is 9.64. The second kappa shape index (κ2) is 15.7. The Hall–Kier alpha value is -9.72. The van der Waals surface area contributed by atoms with Crippen LogP contribution in [0.15, 0.2) is 249 Å². The first kappa shape index (κ1) is 40.2. The van der Waals surface area contributed by atoms with Crippen molar-refractivity contribution in [1.29, 1.82) is 0 Å². The van der Waals surface area contributed by atoms with Gasteiger partial charge in [-0.2, -0.15) is 0 Å². The van der Waals surface area contributed by atoms with E-state index >= 15 is 0 Å². The summed E-state index contributed by atoms with van der Waals surface area (Å²) in [4.78, 5) is 17.2. The highest BCUT2D eigenvalue weighted by Gasteiger charge is 2.53. The van der Waals surface area contributed by atoms with Crippen molar-refractivity contribution in [3.8, 4) is 56.6 Å². The highest BCUT2D eigenvalue weighted by molar-refractivity contribution is 5.97. The fraction of sp³-hybridized carbons (Fsp3) is 0.0154. The van der Waals surface area contributed by atoms with Gasteiger partial charge in [0.15, 0.2) is 23.0 Å². The molecule has 0 amide bonds. The number of benzene rings is 9. The Morgan fingerprint density at radius 2 is 0.625 bits per heavy atom. The third-order valence-electron chi connectivity index (χ3n) is 14.7. The van der Waals surface area contributed by atoms with Crippen LogP contribution in [0.5, 0.6) is 23.0 Å². The fourth-order valence-electron chi connectivity index (χ4n) is 11.6. The number of aromatic nitrogens is 2. The van der Waals surface area contributed by atoms with Crippen LogP contribution < -0.4 is 24.2 Å². The van der Waals surface area contributed by atoms with Crippen LogP contribution in [0.25, 0.3) is 33.6 Å². The van der Waals surface area contributed by atoms with E-state index in [1.165, 1.54) is 0 Å². The molecule has 0 saturated carbocycles. The van der Waals surface area contributed by atoms with Crippen LogP contribution in [0.3, 0.4) is 0 Å². The summed E-state index contributed by atoms with van der Waals surface area (Å²) < 4.78 is 12.7. The standard InChI is InChI=1S/C65H41N5O2/c1-2-14-46(15-3-1)68-53-36-30-44(42-26-32-47(33-27-42)69-55-18-4-8-22-59(55)71-60-23-9-5-19-56(60)69)40-51(53)65(49-16-12-38-66-63(49)64-50(65)17-13-39-67-64)52-41-45(31-37-54(52)68)43-28-34-48(35-29-43)70-57-20-6-10-24-61(57)72-62-25-11-7-21-58(62)70/h1-41H. The van der Waals surface area contributed by atoms with Crippen LogP contribution in [-0.4, -0.2) is 9.97 Å². The zero-order valence-electron chi connectivity index (χ0n) is 38.7. The fourth-order valence-corrected chi connectivity index (χ4v) is 11.6. The molecule has 2 aromatic heterocycles. The number of anilines is 9. The molecule has 72 heavy (non-hydrogen) atoms. The highest BCUT2D eigenvalue weighted by Crippen LogP contribution is 2.64. The molecule has 15 rings (SSSR count). The van der Waals surface area contributed by atoms with E-state index < -0.39 is 5.41 Å². The molecule has 0 fully saturated rings. The lowest BCUT2D eigenvalue weighted by Crippen LogP contribution is -2.36. The van der Waals surface area contributed by atoms with Gasteiger partial charge in [-0.3, -0.25) is 9.97 Å². The summed E-state index contributed by atoms with van der Waals surface area (Å²) in [7, 11) is 0. The first-order valence-electron chi connectivity index (χ1n) is 24.3. The molecule has 0 saturated heterocycles. The average molecular weight is 924 g/mol. The molecule has 0 bridgehead atoms. The maximum atomic E-state index is 6.36. The van der Waals surface area contributed by atoms with E-state index in [-0.39, 0.29) is 0 Å². The molecule has 5 heterocycles.